The molecule has 3 nitrogen and oxygen atoms in total. The zero-order valence-corrected chi connectivity index (χ0v) is 12.4. The highest BCUT2D eigenvalue weighted by Gasteiger charge is 2.35. The van der Waals surface area contributed by atoms with E-state index in [0.29, 0.717) is 5.02 Å². The third-order valence-corrected chi connectivity index (χ3v) is 4.62. The average molecular weight is 309 g/mol. The molecule has 2 atom stereocenters. The topological polar surface area (TPSA) is 34.9 Å². The van der Waals surface area contributed by atoms with Gasteiger partial charge in [-0.15, -0.1) is 0 Å². The minimum Gasteiger partial charge on any atom is -0.322 e. The van der Waals surface area contributed by atoms with Crippen LogP contribution in [0.4, 0.5) is 0 Å². The van der Waals surface area contributed by atoms with Crippen molar-refractivity contribution in [1.29, 1.82) is 0 Å². The molecule has 0 saturated heterocycles. The van der Waals surface area contributed by atoms with Crippen LogP contribution in [0.2, 0.25) is 5.02 Å². The van der Waals surface area contributed by atoms with Crippen molar-refractivity contribution in [2.45, 2.75) is 12.0 Å². The Balaban J connectivity index is 1.92. The molecule has 0 spiro atoms. The van der Waals surface area contributed by atoms with Crippen LogP contribution in [0.15, 0.2) is 61.1 Å². The number of benzene rings is 2. The predicted molar refractivity (Wildman–Crippen MR) is 86.1 cm³/mol. The highest BCUT2D eigenvalue weighted by Crippen LogP contribution is 2.46. The highest BCUT2D eigenvalue weighted by molar-refractivity contribution is 6.31. The fraction of sp³-hybridized carbons (Fsp3) is 0.111. The molecule has 22 heavy (non-hydrogen) atoms. The zero-order chi connectivity index (χ0) is 15.1. The van der Waals surface area contributed by atoms with Gasteiger partial charge in [0, 0.05) is 10.6 Å². The fourth-order valence-electron chi connectivity index (χ4n) is 3.30. The van der Waals surface area contributed by atoms with Gasteiger partial charge >= 0.3 is 0 Å². The van der Waals surface area contributed by atoms with E-state index >= 15 is 0 Å². The van der Waals surface area contributed by atoms with Gasteiger partial charge in [-0.2, -0.15) is 0 Å². The Hall–Kier alpha value is -2.39. The third kappa shape index (κ3) is 1.82. The second-order valence-corrected chi connectivity index (χ2v) is 5.81. The number of hydrogen-bond donors (Lipinski definition) is 0. The number of carbonyl (C=O) groups excluding carboxylic acids is 1. The van der Waals surface area contributed by atoms with E-state index in [1.54, 1.807) is 6.33 Å². The Morgan fingerprint density at radius 1 is 1.14 bits per heavy atom. The van der Waals surface area contributed by atoms with Crippen molar-refractivity contribution in [1.82, 2.24) is 9.55 Å². The van der Waals surface area contributed by atoms with Crippen LogP contribution < -0.4 is 0 Å². The van der Waals surface area contributed by atoms with Crippen molar-refractivity contribution >= 4 is 17.9 Å². The van der Waals surface area contributed by atoms with Gasteiger partial charge in [-0.3, -0.25) is 0 Å². The molecular formula is C18H13ClN2O. The van der Waals surface area contributed by atoms with Crippen LogP contribution in [-0.2, 0) is 4.79 Å². The lowest BCUT2D eigenvalue weighted by molar-refractivity contribution is -0.109. The van der Waals surface area contributed by atoms with Crippen molar-refractivity contribution in [2.24, 2.45) is 0 Å². The van der Waals surface area contributed by atoms with E-state index in [1.807, 2.05) is 42.6 Å². The SMILES string of the molecule is O=CC(c1ccccc1Cl)C1c2ccccc2-c2cncn21. The second kappa shape index (κ2) is 5.11. The lowest BCUT2D eigenvalue weighted by Crippen LogP contribution is -2.17. The van der Waals surface area contributed by atoms with Gasteiger partial charge in [-0.05, 0) is 17.2 Å². The first-order valence-electron chi connectivity index (χ1n) is 7.12. The number of carbonyl (C=O) groups is 1. The maximum absolute atomic E-state index is 11.9. The number of halogens is 1. The summed E-state index contributed by atoms with van der Waals surface area (Å²) in [5.74, 6) is -0.342. The summed E-state index contributed by atoms with van der Waals surface area (Å²) >= 11 is 6.32. The molecule has 1 aromatic heterocycles. The molecule has 108 valence electrons. The monoisotopic (exact) mass is 308 g/mol. The van der Waals surface area contributed by atoms with Gasteiger partial charge in [0.25, 0.3) is 0 Å². The third-order valence-electron chi connectivity index (χ3n) is 4.27. The van der Waals surface area contributed by atoms with Crippen LogP contribution >= 0.6 is 11.6 Å². The fourth-order valence-corrected chi connectivity index (χ4v) is 3.56. The van der Waals surface area contributed by atoms with Crippen molar-refractivity contribution in [3.63, 3.8) is 0 Å². The average Bonchev–Trinajstić information content (AvgIpc) is 3.12. The first-order chi connectivity index (χ1) is 10.8. The molecule has 0 fully saturated rings. The van der Waals surface area contributed by atoms with Gasteiger partial charge in [0.1, 0.15) is 6.29 Å². The second-order valence-electron chi connectivity index (χ2n) is 5.40. The summed E-state index contributed by atoms with van der Waals surface area (Å²) in [5, 5.41) is 0.616. The van der Waals surface area contributed by atoms with Crippen LogP contribution in [0.5, 0.6) is 0 Å². The van der Waals surface area contributed by atoms with Crippen molar-refractivity contribution < 1.29 is 4.79 Å². The normalized spacial score (nSPS) is 16.9. The van der Waals surface area contributed by atoms with Gasteiger partial charge < -0.3 is 9.36 Å². The molecule has 4 heteroatoms. The van der Waals surface area contributed by atoms with E-state index in [9.17, 15) is 4.79 Å². The Morgan fingerprint density at radius 2 is 1.91 bits per heavy atom. The van der Waals surface area contributed by atoms with Crippen LogP contribution in [0.1, 0.15) is 23.1 Å². The lowest BCUT2D eigenvalue weighted by atomic mass is 9.88. The summed E-state index contributed by atoms with van der Waals surface area (Å²) in [4.78, 5) is 16.1. The number of imidazole rings is 1. The van der Waals surface area contributed by atoms with E-state index in [-0.39, 0.29) is 12.0 Å². The van der Waals surface area contributed by atoms with E-state index < -0.39 is 0 Å². The van der Waals surface area contributed by atoms with Crippen molar-refractivity contribution in [3.05, 3.63) is 77.2 Å². The molecule has 3 aromatic rings. The Bertz CT molecular complexity index is 856. The van der Waals surface area contributed by atoms with E-state index in [1.165, 1.54) is 0 Å². The Labute approximate surface area is 133 Å². The van der Waals surface area contributed by atoms with Crippen molar-refractivity contribution in [3.8, 4) is 11.3 Å². The number of fused-ring (bicyclic) bond motifs is 3. The van der Waals surface area contributed by atoms with Gasteiger partial charge in [-0.1, -0.05) is 54.1 Å². The predicted octanol–water partition coefficient (Wildman–Crippen LogP) is 4.09. The summed E-state index contributed by atoms with van der Waals surface area (Å²) < 4.78 is 2.06. The maximum Gasteiger partial charge on any atom is 0.129 e. The van der Waals surface area contributed by atoms with Gasteiger partial charge in [-0.25, -0.2) is 4.98 Å². The maximum atomic E-state index is 11.9. The van der Waals surface area contributed by atoms with Crippen LogP contribution in [-0.4, -0.2) is 15.8 Å². The first kappa shape index (κ1) is 13.3. The van der Waals surface area contributed by atoms with E-state index in [0.717, 1.165) is 28.7 Å². The molecular weight excluding hydrogens is 296 g/mol. The van der Waals surface area contributed by atoms with E-state index in [2.05, 4.69) is 21.7 Å². The van der Waals surface area contributed by atoms with Crippen molar-refractivity contribution in [2.75, 3.05) is 0 Å². The summed E-state index contributed by atoms with van der Waals surface area (Å²) in [7, 11) is 0. The number of hydrogen-bond acceptors (Lipinski definition) is 2. The van der Waals surface area contributed by atoms with Gasteiger partial charge in [0.15, 0.2) is 0 Å². The van der Waals surface area contributed by atoms with Crippen LogP contribution in [0, 0.1) is 0 Å². The lowest BCUT2D eigenvalue weighted by Gasteiger charge is -2.22. The van der Waals surface area contributed by atoms with Gasteiger partial charge in [0.2, 0.25) is 0 Å². The summed E-state index contributed by atoms with van der Waals surface area (Å²) in [6.07, 6.45) is 4.61. The number of rotatable bonds is 3. The molecule has 1 aliphatic rings. The smallest absolute Gasteiger partial charge is 0.129 e. The number of nitrogens with zero attached hydrogens (tertiary/aromatic N) is 2. The molecule has 2 unspecified atom stereocenters. The summed E-state index contributed by atoms with van der Waals surface area (Å²) in [6.45, 7) is 0. The molecule has 0 bridgehead atoms. The minimum atomic E-state index is -0.342. The molecule has 0 amide bonds. The molecule has 2 heterocycles. The van der Waals surface area contributed by atoms with E-state index in [4.69, 9.17) is 11.6 Å². The summed E-state index contributed by atoms with van der Waals surface area (Å²) in [5.41, 5.74) is 4.15. The number of aromatic nitrogens is 2. The highest BCUT2D eigenvalue weighted by atomic mass is 35.5. The summed E-state index contributed by atoms with van der Waals surface area (Å²) in [6, 6.07) is 15.6. The van der Waals surface area contributed by atoms with Gasteiger partial charge in [0.05, 0.1) is 30.2 Å². The molecule has 1 aliphatic heterocycles. The molecule has 4 rings (SSSR count). The molecule has 0 radical (unpaired) electrons. The zero-order valence-electron chi connectivity index (χ0n) is 11.7. The minimum absolute atomic E-state index is 0.105. The van der Waals surface area contributed by atoms with Crippen LogP contribution in [0.25, 0.3) is 11.3 Å². The quantitative estimate of drug-likeness (QED) is 0.683. The Morgan fingerprint density at radius 3 is 2.73 bits per heavy atom. The molecule has 0 aliphatic carbocycles. The largest absolute Gasteiger partial charge is 0.322 e. The van der Waals surface area contributed by atoms with Crippen LogP contribution in [0.3, 0.4) is 0 Å². The molecule has 0 N–H and O–H groups in total. The number of aldehydes is 1. The molecule has 2 aromatic carbocycles. The molecule has 0 saturated carbocycles. The standard InChI is InChI=1S/C18H13ClN2O/c19-16-8-4-3-5-12(16)15(10-22)18-14-7-2-1-6-13(14)17-9-20-11-21(17)18/h1-11,15,18H. The first-order valence-corrected chi connectivity index (χ1v) is 7.50. The Kier molecular flexibility index (Phi) is 3.09.